The highest BCUT2D eigenvalue weighted by molar-refractivity contribution is 6.00. The Hall–Kier alpha value is -12.9. The van der Waals surface area contributed by atoms with Gasteiger partial charge in [0.05, 0.1) is 43.4 Å². The van der Waals surface area contributed by atoms with E-state index in [0.717, 1.165) is 38.0 Å². The zero-order valence-electron chi connectivity index (χ0n) is 96.6. The highest BCUT2D eigenvalue weighted by Gasteiger charge is 2.30. The molecule has 1 aliphatic rings. The standard InChI is InChI=1S/C25H30N.2C24H30N.2C23H28N.C22H26N/c1-16-12-17(2)19(4)24(13-16)25-22-11-10-21(20-8-6-7-9-20)14-23(22)18(3)15-26(25)5;1-16-12-17(2)18(3)22(13-16)23-21-9-8-19(15-24(4,5)6)14-20(21)10-11-25(23)7;1-16-8-9-17(2)22(12-16)23-20-11-10-19(14-24(4,5)6)13-21(20)18(3)15-25(23)7;1-16-7-8-17(2)21(13-16)22-20-10-9-18(15-23(3,4)5)14-19(20)11-12-24(22)6;1-16-9-7-8-10-19(16)22-20-12-11-18(14-23(3,4)5)13-21(20)17(2)15-24(22)6;1-16-8-6-7-9-19(16)21-20-11-10-17(15-22(2,3)4)14-18(20)12-13-23(21)5/h10-15,20H,6-9H2,1-5H3;8-14H,15H2,1-7H3;8-13,15H,14H2,1-7H3;7-14H,15H2,1-6H3;7-13,15H,14H2,1-6H3;6-14H,15H2,1-5H3/q6*+1. The van der Waals surface area contributed by atoms with Gasteiger partial charge >= 0.3 is 0 Å². The van der Waals surface area contributed by atoms with Gasteiger partial charge < -0.3 is 0 Å². The first-order valence-corrected chi connectivity index (χ1v) is 54.1. The summed E-state index contributed by atoms with van der Waals surface area (Å²) >= 11 is 0. The lowest BCUT2D eigenvalue weighted by molar-refractivity contribution is -0.659. The number of fused-ring (bicyclic) bond motifs is 6. The van der Waals surface area contributed by atoms with E-state index < -0.39 is 0 Å². The number of aromatic nitrogens is 6. The Kier molecular flexibility index (Phi) is 33.6. The van der Waals surface area contributed by atoms with Gasteiger partial charge in [-0.2, -0.15) is 0 Å². The van der Waals surface area contributed by atoms with Crippen molar-refractivity contribution in [1.29, 1.82) is 0 Å². The molecule has 19 rings (SSSR count). The lowest BCUT2D eigenvalue weighted by atomic mass is 9.86. The Balaban J connectivity index is 0.000000139. The summed E-state index contributed by atoms with van der Waals surface area (Å²) in [6.07, 6.45) is 24.3. The SMILES string of the molecule is Cc1cc(C)c(C)c(-c2c3ccc(C4CCCC4)cc3c(C)c[n+]2C)c1.Cc1cc(C)c(C)c(-c2c3ccc(CC(C)(C)C)cc3cc[n+]2C)c1.Cc1ccc(C)c(-c2c3ccc(CC(C)(C)C)cc3c(C)c[n+]2C)c1.Cc1ccc(C)c(-c2c3ccc(CC(C)(C)C)cc3cc[n+]2C)c1.Cc1ccccc1-c1c2ccc(CC(C)(C)C)cc2c(C)c[n+]1C.Cc1ccccc1-c1c2ccc(CC(C)(C)C)cc2cc[n+]1C. The molecule has 0 radical (unpaired) electrons. The van der Waals surface area contributed by atoms with Crippen LogP contribution in [-0.4, -0.2) is 0 Å². The largest absolute Gasteiger partial charge is 0.220 e. The molecule has 18 aromatic rings. The van der Waals surface area contributed by atoms with Crippen molar-refractivity contribution in [2.45, 2.75) is 271 Å². The number of hydrogen-bond donors (Lipinski definition) is 0. The van der Waals surface area contributed by atoms with Gasteiger partial charge in [0.2, 0.25) is 34.2 Å². The molecule has 6 aromatic heterocycles. The van der Waals surface area contributed by atoms with Gasteiger partial charge in [-0.05, 0) is 365 Å². The highest BCUT2D eigenvalue weighted by atomic mass is 15.0. The maximum atomic E-state index is 2.47. The van der Waals surface area contributed by atoms with Crippen LogP contribution in [0.25, 0.3) is 132 Å². The van der Waals surface area contributed by atoms with Crippen LogP contribution in [0, 0.1) is 131 Å². The van der Waals surface area contributed by atoms with Gasteiger partial charge in [0.25, 0.3) is 0 Å². The third-order valence-corrected chi connectivity index (χ3v) is 29.8. The molecule has 147 heavy (non-hydrogen) atoms. The number of nitrogens with zero attached hydrogens (tertiary/aromatic N) is 6. The lowest BCUT2D eigenvalue weighted by Gasteiger charge is -2.19. The van der Waals surface area contributed by atoms with Crippen molar-refractivity contribution in [3.8, 4) is 67.5 Å². The number of hydrogen-bond acceptors (Lipinski definition) is 0. The monoisotopic (exact) mass is 1950 g/mol. The van der Waals surface area contributed by atoms with Crippen molar-refractivity contribution in [3.63, 3.8) is 0 Å². The van der Waals surface area contributed by atoms with E-state index in [1.54, 1.807) is 0 Å². The molecule has 12 aromatic carbocycles. The first-order valence-electron chi connectivity index (χ1n) is 54.1. The maximum absolute atomic E-state index is 2.47. The normalized spacial score (nSPS) is 12.5. The van der Waals surface area contributed by atoms with Crippen LogP contribution in [0.1, 0.15) is 252 Å². The van der Waals surface area contributed by atoms with E-state index in [9.17, 15) is 0 Å². The second-order valence-corrected chi connectivity index (χ2v) is 49.9. The smallest absolute Gasteiger partial charge is 0.200 e. The van der Waals surface area contributed by atoms with Crippen LogP contribution in [0.2, 0.25) is 0 Å². The zero-order valence-corrected chi connectivity index (χ0v) is 96.6. The van der Waals surface area contributed by atoms with E-state index in [2.05, 4.69) is 551 Å². The summed E-state index contributed by atoms with van der Waals surface area (Å²) in [7, 11) is 12.9. The molecule has 1 aliphatic carbocycles. The second-order valence-electron chi connectivity index (χ2n) is 49.9. The van der Waals surface area contributed by atoms with Crippen LogP contribution in [0.4, 0.5) is 0 Å². The average molecular weight is 1950 g/mol. The zero-order chi connectivity index (χ0) is 107. The van der Waals surface area contributed by atoms with Gasteiger partial charge in [0, 0.05) is 57.1 Å². The van der Waals surface area contributed by atoms with Crippen molar-refractivity contribution in [2.75, 3.05) is 0 Å². The third kappa shape index (κ3) is 26.8. The lowest BCUT2D eigenvalue weighted by Crippen LogP contribution is -2.31. The van der Waals surface area contributed by atoms with Crippen molar-refractivity contribution in [2.24, 2.45) is 69.4 Å². The Morgan fingerprint density at radius 3 is 0.810 bits per heavy atom. The molecule has 0 bridgehead atoms. The minimum absolute atomic E-state index is 0.303. The highest BCUT2D eigenvalue weighted by Crippen LogP contribution is 2.43. The molecule has 0 aliphatic heterocycles. The van der Waals surface area contributed by atoms with Crippen LogP contribution < -0.4 is 27.4 Å². The predicted molar refractivity (Wildman–Crippen MR) is 631 cm³/mol. The minimum Gasteiger partial charge on any atom is -0.200 e. The van der Waals surface area contributed by atoms with Crippen LogP contribution >= 0.6 is 0 Å². The fourth-order valence-electron chi connectivity index (χ4n) is 22.8. The molecule has 6 nitrogen and oxygen atoms in total. The summed E-state index contributed by atoms with van der Waals surface area (Å²) in [6, 6.07) is 88.7. The minimum atomic E-state index is 0.303. The average Bonchev–Trinajstić information content (AvgIpc) is 1.46. The quantitative estimate of drug-likeness (QED) is 0.109. The molecule has 0 saturated heterocycles. The second kappa shape index (κ2) is 45.0. The topological polar surface area (TPSA) is 23.3 Å². The van der Waals surface area contributed by atoms with Crippen molar-refractivity contribution in [1.82, 2.24) is 0 Å². The number of rotatable bonds is 12. The van der Waals surface area contributed by atoms with Crippen molar-refractivity contribution < 1.29 is 27.4 Å². The van der Waals surface area contributed by atoms with Crippen LogP contribution in [0.3, 0.4) is 0 Å². The van der Waals surface area contributed by atoms with Gasteiger partial charge in [-0.3, -0.25) is 0 Å². The summed E-state index contributed by atoms with van der Waals surface area (Å²) in [4.78, 5) is 0. The fourth-order valence-corrected chi connectivity index (χ4v) is 22.8. The molecular weight excluding hydrogens is 1780 g/mol. The van der Waals surface area contributed by atoms with Crippen molar-refractivity contribution >= 4 is 64.6 Å². The predicted octanol–water partition coefficient (Wildman–Crippen LogP) is 34.2. The van der Waals surface area contributed by atoms with Gasteiger partial charge in [0.1, 0.15) is 42.3 Å². The van der Waals surface area contributed by atoms with Gasteiger partial charge in [-0.1, -0.05) is 285 Å². The molecule has 1 fully saturated rings. The molecule has 0 unspecified atom stereocenters. The molecule has 0 amide bonds. The number of benzene rings is 12. The van der Waals surface area contributed by atoms with Gasteiger partial charge in [0.15, 0.2) is 37.2 Å². The van der Waals surface area contributed by atoms with E-state index in [1.807, 2.05) is 0 Å². The Morgan fingerprint density at radius 2 is 0.476 bits per heavy atom. The third-order valence-electron chi connectivity index (χ3n) is 29.8. The Labute approximate surface area is 884 Å². The van der Waals surface area contributed by atoms with Gasteiger partial charge in [-0.15, -0.1) is 0 Å². The van der Waals surface area contributed by atoms with Crippen LogP contribution in [-0.2, 0) is 74.4 Å². The van der Waals surface area contributed by atoms with E-state index >= 15 is 0 Å². The Morgan fingerprint density at radius 1 is 0.211 bits per heavy atom. The van der Waals surface area contributed by atoms with Crippen molar-refractivity contribution in [3.05, 3.63) is 391 Å². The maximum Gasteiger partial charge on any atom is 0.220 e. The fraction of sp³-hybridized carbons (Fsp3) is 0.362. The molecule has 0 N–H and O–H groups in total. The summed E-state index contributed by atoms with van der Waals surface area (Å²) in [5.74, 6) is 0.763. The first-order chi connectivity index (χ1) is 69.1. The Bertz CT molecular complexity index is 7940. The number of pyridine rings is 6. The molecule has 0 atom stereocenters. The molecule has 760 valence electrons. The summed E-state index contributed by atoms with van der Waals surface area (Å²) in [5, 5.41) is 16.2. The molecule has 6 heterocycles. The summed E-state index contributed by atoms with van der Waals surface area (Å²) in [6.45, 7) is 67.5. The van der Waals surface area contributed by atoms with E-state index in [-0.39, 0.29) is 0 Å². The molecular formula is C141H172N6+6. The summed E-state index contributed by atoms with van der Waals surface area (Å²) in [5.41, 5.74) is 46.0. The van der Waals surface area contributed by atoms with E-state index in [4.69, 9.17) is 0 Å². The van der Waals surface area contributed by atoms with E-state index in [0.29, 0.717) is 27.1 Å². The molecule has 0 spiro atoms. The van der Waals surface area contributed by atoms with Crippen LogP contribution in [0.15, 0.2) is 274 Å². The van der Waals surface area contributed by atoms with Crippen LogP contribution in [0.5, 0.6) is 0 Å². The van der Waals surface area contributed by atoms with Gasteiger partial charge in [-0.25, -0.2) is 27.4 Å². The number of aryl methyl sites for hydroxylation is 19. The van der Waals surface area contributed by atoms with E-state index in [1.165, 1.54) is 275 Å². The molecule has 6 heteroatoms. The first kappa shape index (κ1) is 110. The summed E-state index contributed by atoms with van der Waals surface area (Å²) < 4.78 is 13.6. The molecule has 1 saturated carbocycles.